The molecule has 1 aromatic heterocycles. The number of hydrogen-bond acceptors (Lipinski definition) is 5. The molecule has 1 aromatic rings. The van der Waals surface area contributed by atoms with Crippen LogP contribution in [-0.4, -0.2) is 38.6 Å². The number of thiazole rings is 1. The molecule has 0 radical (unpaired) electrons. The van der Waals surface area contributed by atoms with E-state index in [-0.39, 0.29) is 10.8 Å². The first-order valence-corrected chi connectivity index (χ1v) is 16.3. The molecule has 0 aliphatic heterocycles. The Hall–Kier alpha value is -1.53. The van der Waals surface area contributed by atoms with Crippen LogP contribution in [0.5, 0.6) is 0 Å². The standard InChI is InChI=1S/C34H49NO3S/c1-5-6-9-27-21-35-32(39-27)34(17-18-34)31(38)15-10-22(2)28-13-14-29-24(8-7-16-33(28,29)4)11-12-25-19-26(36)20-30(37)23(25)3/h10-12,15,21-22,26,28-31,36-38H,3,5-9,13-14,16-20H2,1-2,4H3/b15-10+,24-11+,25-12-/t22-,26+,28+,29-,30-,31+,33+/m0/s1. The van der Waals surface area contributed by atoms with E-state index in [0.29, 0.717) is 30.6 Å². The lowest BCUT2D eigenvalue weighted by molar-refractivity contribution is 0.0862. The van der Waals surface area contributed by atoms with Gasteiger partial charge in [0.25, 0.3) is 0 Å². The van der Waals surface area contributed by atoms with E-state index in [1.54, 1.807) is 0 Å². The first-order chi connectivity index (χ1) is 18.7. The van der Waals surface area contributed by atoms with E-state index in [0.717, 1.165) is 41.8 Å². The number of hydrogen-bond donors (Lipinski definition) is 3. The summed E-state index contributed by atoms with van der Waals surface area (Å²) in [5, 5.41) is 32.8. The van der Waals surface area contributed by atoms with Gasteiger partial charge in [0.15, 0.2) is 0 Å². The van der Waals surface area contributed by atoms with E-state index in [1.165, 1.54) is 49.0 Å². The first-order valence-electron chi connectivity index (χ1n) is 15.4. The summed E-state index contributed by atoms with van der Waals surface area (Å²) in [4.78, 5) is 6.10. The van der Waals surface area contributed by atoms with Gasteiger partial charge in [-0.05, 0) is 98.5 Å². The summed E-state index contributed by atoms with van der Waals surface area (Å²) in [6, 6.07) is 0. The molecule has 1 heterocycles. The molecule has 214 valence electrons. The fourth-order valence-electron chi connectivity index (χ4n) is 7.98. The molecule has 7 atom stereocenters. The van der Waals surface area contributed by atoms with Crippen LogP contribution in [0.25, 0.3) is 0 Å². The average molecular weight is 552 g/mol. The van der Waals surface area contributed by atoms with E-state index in [1.807, 2.05) is 17.5 Å². The number of aromatic nitrogens is 1. The lowest BCUT2D eigenvalue weighted by atomic mass is 9.61. The van der Waals surface area contributed by atoms with Crippen LogP contribution >= 0.6 is 11.3 Å². The zero-order chi connectivity index (χ0) is 27.8. The zero-order valence-corrected chi connectivity index (χ0v) is 25.1. The van der Waals surface area contributed by atoms with Crippen molar-refractivity contribution in [1.82, 2.24) is 4.98 Å². The van der Waals surface area contributed by atoms with Crippen molar-refractivity contribution in [3.8, 4) is 0 Å². The number of aliphatic hydroxyl groups is 3. The molecule has 0 unspecified atom stereocenters. The molecule has 4 aliphatic carbocycles. The van der Waals surface area contributed by atoms with Crippen LogP contribution in [0.2, 0.25) is 0 Å². The highest BCUT2D eigenvalue weighted by atomic mass is 32.1. The molecule has 0 saturated heterocycles. The third-order valence-corrected chi connectivity index (χ3v) is 11.9. The maximum Gasteiger partial charge on any atom is 0.102 e. The number of fused-ring (bicyclic) bond motifs is 1. The van der Waals surface area contributed by atoms with Gasteiger partial charge < -0.3 is 15.3 Å². The van der Waals surface area contributed by atoms with Crippen LogP contribution < -0.4 is 0 Å². The Kier molecular flexibility index (Phi) is 8.74. The van der Waals surface area contributed by atoms with Gasteiger partial charge in [-0.2, -0.15) is 0 Å². The summed E-state index contributed by atoms with van der Waals surface area (Å²) in [6.07, 6.45) is 21.8. The second-order valence-corrected chi connectivity index (χ2v) is 14.4. The first kappa shape index (κ1) is 29.0. The van der Waals surface area contributed by atoms with Gasteiger partial charge >= 0.3 is 0 Å². The lowest BCUT2D eigenvalue weighted by Crippen LogP contribution is -2.35. The highest BCUT2D eigenvalue weighted by Crippen LogP contribution is 2.60. The van der Waals surface area contributed by atoms with Gasteiger partial charge in [-0.25, -0.2) is 4.98 Å². The number of unbranched alkanes of at least 4 members (excludes halogenated alkanes) is 1. The predicted molar refractivity (Wildman–Crippen MR) is 161 cm³/mol. The largest absolute Gasteiger partial charge is 0.393 e. The molecule has 0 spiro atoms. The van der Waals surface area contributed by atoms with Crippen molar-refractivity contribution in [2.24, 2.45) is 23.2 Å². The number of allylic oxidation sites excluding steroid dienone is 4. The molecule has 4 saturated carbocycles. The second-order valence-electron chi connectivity index (χ2n) is 13.2. The summed E-state index contributed by atoms with van der Waals surface area (Å²) in [7, 11) is 0. The Bertz CT molecular complexity index is 1130. The molecular weight excluding hydrogens is 502 g/mol. The van der Waals surface area contributed by atoms with Crippen LogP contribution in [0.4, 0.5) is 0 Å². The normalized spacial score (nSPS) is 36.0. The van der Waals surface area contributed by atoms with Crippen molar-refractivity contribution < 1.29 is 15.3 Å². The topological polar surface area (TPSA) is 73.6 Å². The third kappa shape index (κ3) is 5.80. The van der Waals surface area contributed by atoms with Gasteiger partial charge in [0.2, 0.25) is 0 Å². The lowest BCUT2D eigenvalue weighted by Gasteiger charge is -2.44. The number of aryl methyl sites for hydroxylation is 1. The molecule has 4 fully saturated rings. The van der Waals surface area contributed by atoms with E-state index in [4.69, 9.17) is 4.98 Å². The summed E-state index contributed by atoms with van der Waals surface area (Å²) in [6.45, 7) is 11.2. The second kappa shape index (κ2) is 11.8. The van der Waals surface area contributed by atoms with Gasteiger partial charge in [-0.15, -0.1) is 11.3 Å². The van der Waals surface area contributed by atoms with Crippen LogP contribution in [0.3, 0.4) is 0 Å². The molecule has 0 amide bonds. The molecule has 0 bridgehead atoms. The van der Waals surface area contributed by atoms with Crippen molar-refractivity contribution in [2.75, 3.05) is 0 Å². The Labute approximate surface area is 239 Å². The Balaban J connectivity index is 1.26. The summed E-state index contributed by atoms with van der Waals surface area (Å²) in [5.41, 5.74) is 3.39. The Morgan fingerprint density at radius 2 is 1.97 bits per heavy atom. The molecule has 5 rings (SSSR count). The van der Waals surface area contributed by atoms with E-state index >= 15 is 0 Å². The highest BCUT2D eigenvalue weighted by Gasteiger charge is 2.53. The number of nitrogens with zero attached hydrogens (tertiary/aromatic N) is 1. The fourth-order valence-corrected chi connectivity index (χ4v) is 9.22. The van der Waals surface area contributed by atoms with Crippen molar-refractivity contribution in [3.05, 3.63) is 63.7 Å². The average Bonchev–Trinajstić information content (AvgIpc) is 3.44. The van der Waals surface area contributed by atoms with E-state index in [2.05, 4.69) is 51.7 Å². The van der Waals surface area contributed by atoms with Crippen LogP contribution in [0.15, 0.2) is 53.8 Å². The van der Waals surface area contributed by atoms with Crippen molar-refractivity contribution in [1.29, 1.82) is 0 Å². The summed E-state index contributed by atoms with van der Waals surface area (Å²) >= 11 is 1.81. The van der Waals surface area contributed by atoms with E-state index < -0.39 is 18.3 Å². The Morgan fingerprint density at radius 1 is 1.18 bits per heavy atom. The number of rotatable bonds is 9. The van der Waals surface area contributed by atoms with Gasteiger partial charge in [0.1, 0.15) is 5.01 Å². The van der Waals surface area contributed by atoms with Crippen molar-refractivity contribution in [2.45, 2.75) is 122 Å². The van der Waals surface area contributed by atoms with Gasteiger partial charge in [0.05, 0.1) is 23.7 Å². The van der Waals surface area contributed by atoms with Crippen LogP contribution in [-0.2, 0) is 11.8 Å². The number of aliphatic hydroxyl groups excluding tert-OH is 3. The molecule has 4 nitrogen and oxygen atoms in total. The SMILES string of the molecule is C=C1/C(=C\C=C2/CCC[C@]3(C)[C@@H]([C@@H](C)/C=C/[C@@H](O)C4(c5ncc(CCCC)s5)CC4)CC[C@@H]23)C[C@@H](O)C[C@@H]1O. The minimum absolute atomic E-state index is 0.161. The third-order valence-electron chi connectivity index (χ3n) is 10.6. The van der Waals surface area contributed by atoms with E-state index in [9.17, 15) is 15.3 Å². The Morgan fingerprint density at radius 3 is 2.72 bits per heavy atom. The maximum atomic E-state index is 11.3. The maximum absolute atomic E-state index is 11.3. The molecule has 5 heteroatoms. The van der Waals surface area contributed by atoms with Crippen molar-refractivity contribution in [3.63, 3.8) is 0 Å². The predicted octanol–water partition coefficient (Wildman–Crippen LogP) is 7.21. The minimum atomic E-state index is -0.637. The van der Waals surface area contributed by atoms with Crippen molar-refractivity contribution >= 4 is 11.3 Å². The molecule has 0 aromatic carbocycles. The van der Waals surface area contributed by atoms with Gasteiger partial charge in [-0.3, -0.25) is 0 Å². The minimum Gasteiger partial charge on any atom is -0.393 e. The van der Waals surface area contributed by atoms with Gasteiger partial charge in [0, 0.05) is 17.5 Å². The molecule has 4 aliphatic rings. The monoisotopic (exact) mass is 551 g/mol. The molecule has 3 N–H and O–H groups in total. The van der Waals surface area contributed by atoms with Gasteiger partial charge in [-0.1, -0.05) is 63.6 Å². The van der Waals surface area contributed by atoms with Crippen LogP contribution in [0, 0.1) is 23.2 Å². The highest BCUT2D eigenvalue weighted by molar-refractivity contribution is 7.11. The van der Waals surface area contributed by atoms with Crippen LogP contribution in [0.1, 0.15) is 101 Å². The summed E-state index contributed by atoms with van der Waals surface area (Å²) in [5.74, 6) is 1.60. The fraction of sp³-hybridized carbons (Fsp3) is 0.676. The summed E-state index contributed by atoms with van der Waals surface area (Å²) < 4.78 is 0. The quantitative estimate of drug-likeness (QED) is 0.284. The molecule has 39 heavy (non-hydrogen) atoms. The smallest absolute Gasteiger partial charge is 0.102 e. The zero-order valence-electron chi connectivity index (χ0n) is 24.2. The molecular formula is C34H49NO3S.